The minimum atomic E-state index is -4.37. The molecule has 144 valence electrons. The summed E-state index contributed by atoms with van der Waals surface area (Å²) in [7, 11) is 0. The number of carbonyl (C=O) groups is 1. The summed E-state index contributed by atoms with van der Waals surface area (Å²) in [6, 6.07) is 7.40. The molecule has 1 aliphatic heterocycles. The normalized spacial score (nSPS) is 14.7. The second-order valence-corrected chi connectivity index (χ2v) is 6.00. The van der Waals surface area contributed by atoms with Crippen molar-refractivity contribution in [3.63, 3.8) is 0 Å². The predicted molar refractivity (Wildman–Crippen MR) is 88.3 cm³/mol. The third-order valence-electron chi connectivity index (χ3n) is 3.91. The Morgan fingerprint density at radius 1 is 1.22 bits per heavy atom. The molecule has 0 atom stereocenters. The molecule has 2 aromatic rings. The van der Waals surface area contributed by atoms with Crippen LogP contribution in [-0.4, -0.2) is 59.3 Å². The standard InChI is InChI=1S/C17H16F4N4O2/c18-12-3-1-11(2-4-12)14-5-15(24-10-23-14)22-6-16(26)25-7-13(8-25)27-9-17(19,20)21/h1-5,10,13H,6-9H2,(H,22,23,24). The molecule has 1 aromatic carbocycles. The van der Waals surface area contributed by atoms with Crippen LogP contribution < -0.4 is 5.32 Å². The van der Waals surface area contributed by atoms with Gasteiger partial charge in [-0.05, 0) is 24.3 Å². The highest BCUT2D eigenvalue weighted by Crippen LogP contribution is 2.20. The van der Waals surface area contributed by atoms with Gasteiger partial charge >= 0.3 is 6.18 Å². The van der Waals surface area contributed by atoms with Crippen LogP contribution in [0.25, 0.3) is 11.3 Å². The Kier molecular flexibility index (Phi) is 5.54. The third kappa shape index (κ3) is 5.36. The van der Waals surface area contributed by atoms with Gasteiger partial charge in [-0.25, -0.2) is 14.4 Å². The van der Waals surface area contributed by atoms with E-state index in [1.54, 1.807) is 18.2 Å². The Labute approximate surface area is 152 Å². The fourth-order valence-corrected chi connectivity index (χ4v) is 2.47. The fraction of sp³-hybridized carbons (Fsp3) is 0.353. The highest BCUT2D eigenvalue weighted by Gasteiger charge is 2.35. The summed E-state index contributed by atoms with van der Waals surface area (Å²) in [5.74, 6) is -0.226. The van der Waals surface area contributed by atoms with Gasteiger partial charge in [0.05, 0.1) is 18.3 Å². The molecule has 3 rings (SSSR count). The Morgan fingerprint density at radius 3 is 2.59 bits per heavy atom. The van der Waals surface area contributed by atoms with E-state index >= 15 is 0 Å². The number of alkyl halides is 3. The van der Waals surface area contributed by atoms with Gasteiger partial charge in [-0.2, -0.15) is 13.2 Å². The van der Waals surface area contributed by atoms with E-state index < -0.39 is 18.9 Å². The minimum absolute atomic E-state index is 0.0636. The molecular weight excluding hydrogens is 368 g/mol. The van der Waals surface area contributed by atoms with Gasteiger partial charge < -0.3 is 15.0 Å². The number of anilines is 1. The number of nitrogens with one attached hydrogen (secondary N) is 1. The molecule has 1 fully saturated rings. The van der Waals surface area contributed by atoms with Crippen molar-refractivity contribution in [1.82, 2.24) is 14.9 Å². The van der Waals surface area contributed by atoms with Crippen LogP contribution >= 0.6 is 0 Å². The zero-order valence-corrected chi connectivity index (χ0v) is 14.0. The van der Waals surface area contributed by atoms with Crippen LogP contribution in [-0.2, 0) is 9.53 Å². The molecule has 0 saturated carbocycles. The van der Waals surface area contributed by atoms with Crippen molar-refractivity contribution in [1.29, 1.82) is 0 Å². The topological polar surface area (TPSA) is 67.4 Å². The lowest BCUT2D eigenvalue weighted by atomic mass is 10.1. The number of rotatable bonds is 6. The van der Waals surface area contributed by atoms with Crippen molar-refractivity contribution in [2.75, 3.05) is 31.6 Å². The van der Waals surface area contributed by atoms with E-state index in [0.29, 0.717) is 17.1 Å². The third-order valence-corrected chi connectivity index (χ3v) is 3.91. The largest absolute Gasteiger partial charge is 0.411 e. The lowest BCUT2D eigenvalue weighted by Crippen LogP contribution is -2.56. The molecular formula is C17H16F4N4O2. The zero-order chi connectivity index (χ0) is 19.4. The summed E-state index contributed by atoms with van der Waals surface area (Å²) >= 11 is 0. The quantitative estimate of drug-likeness (QED) is 0.776. The van der Waals surface area contributed by atoms with E-state index in [9.17, 15) is 22.4 Å². The first-order valence-corrected chi connectivity index (χ1v) is 8.08. The summed E-state index contributed by atoms with van der Waals surface area (Å²) in [5.41, 5.74) is 1.25. The Balaban J connectivity index is 1.47. The molecule has 0 radical (unpaired) electrons. The number of amides is 1. The maximum Gasteiger partial charge on any atom is 0.411 e. The van der Waals surface area contributed by atoms with Gasteiger partial charge in [-0.1, -0.05) is 0 Å². The number of ether oxygens (including phenoxy) is 1. The molecule has 0 unspecified atom stereocenters. The molecule has 27 heavy (non-hydrogen) atoms. The van der Waals surface area contributed by atoms with Crippen LogP contribution in [0.2, 0.25) is 0 Å². The van der Waals surface area contributed by atoms with Crippen LogP contribution in [0.1, 0.15) is 0 Å². The molecule has 10 heteroatoms. The van der Waals surface area contributed by atoms with E-state index in [4.69, 9.17) is 0 Å². The van der Waals surface area contributed by atoms with Crippen molar-refractivity contribution in [2.45, 2.75) is 12.3 Å². The van der Waals surface area contributed by atoms with Crippen molar-refractivity contribution >= 4 is 11.7 Å². The van der Waals surface area contributed by atoms with Gasteiger partial charge in [0.2, 0.25) is 5.91 Å². The number of halogens is 4. The highest BCUT2D eigenvalue weighted by molar-refractivity contribution is 5.81. The number of nitrogens with zero attached hydrogens (tertiary/aromatic N) is 3. The lowest BCUT2D eigenvalue weighted by Gasteiger charge is -2.39. The predicted octanol–water partition coefficient (Wildman–Crippen LogP) is 2.48. The van der Waals surface area contributed by atoms with Crippen molar-refractivity contribution < 1.29 is 27.1 Å². The summed E-state index contributed by atoms with van der Waals surface area (Å²) in [5, 5.41) is 2.85. The first-order chi connectivity index (χ1) is 12.8. The SMILES string of the molecule is O=C(CNc1cc(-c2ccc(F)cc2)ncn1)N1CC(OCC(F)(F)F)C1. The van der Waals surface area contributed by atoms with Gasteiger partial charge in [0.25, 0.3) is 0 Å². The summed E-state index contributed by atoms with van der Waals surface area (Å²) in [6.07, 6.45) is -3.66. The number of hydrogen-bond donors (Lipinski definition) is 1. The molecule has 0 spiro atoms. The molecule has 0 aliphatic carbocycles. The molecule has 2 heterocycles. The average molecular weight is 384 g/mol. The average Bonchev–Trinajstić information content (AvgIpc) is 2.58. The van der Waals surface area contributed by atoms with Crippen LogP contribution in [0.3, 0.4) is 0 Å². The van der Waals surface area contributed by atoms with Gasteiger partial charge in [-0.3, -0.25) is 4.79 Å². The van der Waals surface area contributed by atoms with E-state index in [1.165, 1.54) is 23.4 Å². The van der Waals surface area contributed by atoms with Crippen molar-refractivity contribution in [3.8, 4) is 11.3 Å². The molecule has 0 bridgehead atoms. The molecule has 1 N–H and O–H groups in total. The van der Waals surface area contributed by atoms with Crippen molar-refractivity contribution in [2.24, 2.45) is 0 Å². The summed E-state index contributed by atoms with van der Waals surface area (Å²) in [6.45, 7) is -1.13. The second kappa shape index (κ2) is 7.87. The Bertz CT molecular complexity index is 792. The van der Waals surface area contributed by atoms with Gasteiger partial charge in [0.1, 0.15) is 24.6 Å². The Morgan fingerprint density at radius 2 is 1.93 bits per heavy atom. The number of likely N-dealkylation sites (tertiary alicyclic amines) is 1. The van der Waals surface area contributed by atoms with Gasteiger partial charge in [0.15, 0.2) is 0 Å². The van der Waals surface area contributed by atoms with E-state index in [0.717, 1.165) is 0 Å². The van der Waals surface area contributed by atoms with Crippen LogP contribution in [0, 0.1) is 5.82 Å². The zero-order valence-electron chi connectivity index (χ0n) is 14.0. The summed E-state index contributed by atoms with van der Waals surface area (Å²) < 4.78 is 53.9. The fourth-order valence-electron chi connectivity index (χ4n) is 2.47. The smallest absolute Gasteiger partial charge is 0.365 e. The monoisotopic (exact) mass is 384 g/mol. The Hall–Kier alpha value is -2.75. The first kappa shape index (κ1) is 19.0. The number of hydrogen-bond acceptors (Lipinski definition) is 5. The number of aromatic nitrogens is 2. The first-order valence-electron chi connectivity index (χ1n) is 8.08. The highest BCUT2D eigenvalue weighted by atomic mass is 19.4. The molecule has 1 saturated heterocycles. The van der Waals surface area contributed by atoms with E-state index in [2.05, 4.69) is 20.0 Å². The molecule has 1 amide bonds. The van der Waals surface area contributed by atoms with Crippen LogP contribution in [0.5, 0.6) is 0 Å². The maximum absolute atomic E-state index is 13.0. The molecule has 6 nitrogen and oxygen atoms in total. The second-order valence-electron chi connectivity index (χ2n) is 6.00. The van der Waals surface area contributed by atoms with Crippen LogP contribution in [0.4, 0.5) is 23.4 Å². The van der Waals surface area contributed by atoms with E-state index in [-0.39, 0.29) is 31.4 Å². The van der Waals surface area contributed by atoms with Crippen LogP contribution in [0.15, 0.2) is 36.7 Å². The lowest BCUT2D eigenvalue weighted by molar-refractivity contribution is -0.199. The summed E-state index contributed by atoms with van der Waals surface area (Å²) in [4.78, 5) is 21.6. The molecule has 1 aliphatic rings. The number of carbonyl (C=O) groups excluding carboxylic acids is 1. The minimum Gasteiger partial charge on any atom is -0.365 e. The van der Waals surface area contributed by atoms with Crippen molar-refractivity contribution in [3.05, 3.63) is 42.5 Å². The molecule has 1 aromatic heterocycles. The van der Waals surface area contributed by atoms with Gasteiger partial charge in [0, 0.05) is 24.7 Å². The van der Waals surface area contributed by atoms with E-state index in [1.807, 2.05) is 0 Å². The number of benzene rings is 1. The maximum atomic E-state index is 13.0. The van der Waals surface area contributed by atoms with Gasteiger partial charge in [-0.15, -0.1) is 0 Å².